The highest BCUT2D eigenvalue weighted by molar-refractivity contribution is 5.74. The van der Waals surface area contributed by atoms with Crippen LogP contribution in [0.15, 0.2) is 54.6 Å². The molecule has 2 amide bonds. The van der Waals surface area contributed by atoms with E-state index in [0.29, 0.717) is 32.6 Å². The maximum Gasteiger partial charge on any atom is 0.410 e. The summed E-state index contributed by atoms with van der Waals surface area (Å²) in [5, 5.41) is 8.46. The number of carbonyl (C=O) groups excluding carboxylic acids is 2. The smallest absolute Gasteiger partial charge is 0.410 e. The van der Waals surface area contributed by atoms with Crippen LogP contribution in [0.25, 0.3) is 11.0 Å². The Morgan fingerprint density at radius 2 is 1.74 bits per heavy atom. The van der Waals surface area contributed by atoms with Gasteiger partial charge < -0.3 is 19.3 Å². The molecule has 9 nitrogen and oxygen atoms in total. The van der Waals surface area contributed by atoms with Gasteiger partial charge in [-0.2, -0.15) is 0 Å². The standard InChI is InChI=1S/C25H31N5O4/c1-25(2,3)34-24(32)29-16-15-28(23(31)33-18-19-9-5-4-6-10-19)17-20(29)13-14-30-22-12-8-7-11-21(22)26-27-30/h4-12,20H,13-18H2,1-3H3/t20-/m1/s1. The summed E-state index contributed by atoms with van der Waals surface area (Å²) in [6.07, 6.45) is -0.170. The fourth-order valence-electron chi connectivity index (χ4n) is 3.99. The van der Waals surface area contributed by atoms with Gasteiger partial charge in [-0.25, -0.2) is 14.3 Å². The Kier molecular flexibility index (Phi) is 7.00. The van der Waals surface area contributed by atoms with Gasteiger partial charge in [-0.3, -0.25) is 0 Å². The molecule has 4 rings (SSSR count). The van der Waals surface area contributed by atoms with E-state index >= 15 is 0 Å². The second-order valence-corrected chi connectivity index (χ2v) is 9.40. The van der Waals surface area contributed by atoms with E-state index < -0.39 is 5.60 Å². The molecule has 1 saturated heterocycles. The summed E-state index contributed by atoms with van der Waals surface area (Å²) in [6, 6.07) is 17.1. The first-order valence-corrected chi connectivity index (χ1v) is 11.5. The van der Waals surface area contributed by atoms with Crippen molar-refractivity contribution in [1.29, 1.82) is 0 Å². The van der Waals surface area contributed by atoms with E-state index in [1.807, 2.05) is 80.1 Å². The van der Waals surface area contributed by atoms with Crippen LogP contribution in [0.4, 0.5) is 9.59 Å². The SMILES string of the molecule is CC(C)(C)OC(=O)N1CCN(C(=O)OCc2ccccc2)C[C@H]1CCn1nnc2ccccc21. The van der Waals surface area contributed by atoms with Crippen molar-refractivity contribution in [1.82, 2.24) is 24.8 Å². The van der Waals surface area contributed by atoms with Crippen LogP contribution >= 0.6 is 0 Å². The summed E-state index contributed by atoms with van der Waals surface area (Å²) in [5.74, 6) is 0. The lowest BCUT2D eigenvalue weighted by atomic mass is 10.1. The number of fused-ring (bicyclic) bond motifs is 1. The van der Waals surface area contributed by atoms with Crippen LogP contribution in [0.3, 0.4) is 0 Å². The zero-order chi connectivity index (χ0) is 24.1. The maximum atomic E-state index is 12.9. The zero-order valence-corrected chi connectivity index (χ0v) is 19.9. The first kappa shape index (κ1) is 23.5. The lowest BCUT2D eigenvalue weighted by molar-refractivity contribution is -0.00510. The van der Waals surface area contributed by atoms with Crippen LogP contribution in [0, 0.1) is 0 Å². The molecule has 2 aromatic carbocycles. The van der Waals surface area contributed by atoms with E-state index in [4.69, 9.17) is 9.47 Å². The molecule has 0 bridgehead atoms. The van der Waals surface area contributed by atoms with Gasteiger partial charge in [-0.15, -0.1) is 5.10 Å². The first-order chi connectivity index (χ1) is 16.3. The van der Waals surface area contributed by atoms with Crippen LogP contribution < -0.4 is 0 Å². The van der Waals surface area contributed by atoms with Crippen LogP contribution in [0.5, 0.6) is 0 Å². The quantitative estimate of drug-likeness (QED) is 0.564. The van der Waals surface area contributed by atoms with Crippen molar-refractivity contribution in [2.45, 2.75) is 52.0 Å². The van der Waals surface area contributed by atoms with Crippen molar-refractivity contribution in [3.8, 4) is 0 Å². The molecule has 0 unspecified atom stereocenters. The second kappa shape index (κ2) is 10.1. The van der Waals surface area contributed by atoms with Gasteiger partial charge in [0.05, 0.1) is 11.6 Å². The lowest BCUT2D eigenvalue weighted by Gasteiger charge is -2.41. The van der Waals surface area contributed by atoms with Crippen molar-refractivity contribution < 1.29 is 19.1 Å². The lowest BCUT2D eigenvalue weighted by Crippen LogP contribution is -2.57. The predicted molar refractivity (Wildman–Crippen MR) is 127 cm³/mol. The van der Waals surface area contributed by atoms with Gasteiger partial charge in [0, 0.05) is 26.2 Å². The third kappa shape index (κ3) is 5.84. The monoisotopic (exact) mass is 465 g/mol. The highest BCUT2D eigenvalue weighted by atomic mass is 16.6. The molecule has 0 spiro atoms. The van der Waals surface area contributed by atoms with Crippen LogP contribution in [0.2, 0.25) is 0 Å². The molecule has 3 aromatic rings. The van der Waals surface area contributed by atoms with Crippen LogP contribution in [0.1, 0.15) is 32.8 Å². The highest BCUT2D eigenvalue weighted by Crippen LogP contribution is 2.20. The average Bonchev–Trinajstić information content (AvgIpc) is 3.23. The molecule has 0 N–H and O–H groups in total. The molecule has 2 heterocycles. The zero-order valence-electron chi connectivity index (χ0n) is 19.9. The molecular formula is C25H31N5O4. The van der Waals surface area contributed by atoms with Crippen LogP contribution in [-0.2, 0) is 22.6 Å². The number of piperazine rings is 1. The average molecular weight is 466 g/mol. The fraction of sp³-hybridized carbons (Fsp3) is 0.440. The molecule has 34 heavy (non-hydrogen) atoms. The third-order valence-electron chi connectivity index (χ3n) is 5.67. The molecule has 180 valence electrons. The summed E-state index contributed by atoms with van der Waals surface area (Å²) in [6.45, 7) is 7.42. The minimum Gasteiger partial charge on any atom is -0.445 e. The van der Waals surface area contributed by atoms with E-state index in [1.165, 1.54) is 0 Å². The van der Waals surface area contributed by atoms with E-state index in [9.17, 15) is 9.59 Å². The number of nitrogens with zero attached hydrogens (tertiary/aromatic N) is 5. The maximum absolute atomic E-state index is 12.9. The largest absolute Gasteiger partial charge is 0.445 e. The van der Waals surface area contributed by atoms with Gasteiger partial charge in [0.25, 0.3) is 0 Å². The molecule has 0 saturated carbocycles. The summed E-state index contributed by atoms with van der Waals surface area (Å²) in [5.41, 5.74) is 2.08. The van der Waals surface area contributed by atoms with Gasteiger partial charge in [-0.1, -0.05) is 47.7 Å². The fourth-order valence-corrected chi connectivity index (χ4v) is 3.99. The minimum absolute atomic E-state index is 0.210. The second-order valence-electron chi connectivity index (χ2n) is 9.40. The number of para-hydroxylation sites is 1. The number of ether oxygens (including phenoxy) is 2. The Balaban J connectivity index is 1.44. The van der Waals surface area contributed by atoms with Crippen molar-refractivity contribution in [2.24, 2.45) is 0 Å². The summed E-state index contributed by atoms with van der Waals surface area (Å²) in [7, 11) is 0. The van der Waals surface area contributed by atoms with Crippen LogP contribution in [-0.4, -0.2) is 68.3 Å². The topological polar surface area (TPSA) is 89.8 Å². The highest BCUT2D eigenvalue weighted by Gasteiger charge is 2.35. The number of carbonyl (C=O) groups is 2. The summed E-state index contributed by atoms with van der Waals surface area (Å²) in [4.78, 5) is 29.1. The van der Waals surface area contributed by atoms with Gasteiger partial charge in [0.2, 0.25) is 0 Å². The van der Waals surface area contributed by atoms with Crippen molar-refractivity contribution in [2.75, 3.05) is 19.6 Å². The van der Waals surface area contributed by atoms with Crippen molar-refractivity contribution in [3.63, 3.8) is 0 Å². The molecule has 0 aliphatic carbocycles. The van der Waals surface area contributed by atoms with E-state index in [-0.39, 0.29) is 24.8 Å². The van der Waals surface area contributed by atoms with Gasteiger partial charge in [0.1, 0.15) is 17.7 Å². The molecule has 1 aliphatic heterocycles. The molecule has 1 aliphatic rings. The number of rotatable bonds is 5. The minimum atomic E-state index is -0.602. The molecule has 0 radical (unpaired) electrons. The number of benzene rings is 2. The number of hydrogen-bond acceptors (Lipinski definition) is 6. The number of hydrogen-bond donors (Lipinski definition) is 0. The van der Waals surface area contributed by atoms with Gasteiger partial charge in [0.15, 0.2) is 0 Å². The van der Waals surface area contributed by atoms with E-state index in [1.54, 1.807) is 9.80 Å². The van der Waals surface area contributed by atoms with Gasteiger partial charge in [-0.05, 0) is 44.9 Å². The molecular weight excluding hydrogens is 434 g/mol. The first-order valence-electron chi connectivity index (χ1n) is 11.5. The Morgan fingerprint density at radius 3 is 2.50 bits per heavy atom. The Bertz CT molecular complexity index is 1130. The van der Waals surface area contributed by atoms with Gasteiger partial charge >= 0.3 is 12.2 Å². The third-order valence-corrected chi connectivity index (χ3v) is 5.67. The molecule has 1 aromatic heterocycles. The van der Waals surface area contributed by atoms with E-state index in [2.05, 4.69) is 10.3 Å². The van der Waals surface area contributed by atoms with Crippen molar-refractivity contribution in [3.05, 3.63) is 60.2 Å². The molecule has 9 heteroatoms. The predicted octanol–water partition coefficient (Wildman–Crippen LogP) is 4.08. The Morgan fingerprint density at radius 1 is 1.00 bits per heavy atom. The van der Waals surface area contributed by atoms with Crippen molar-refractivity contribution >= 4 is 23.2 Å². The molecule has 1 fully saturated rings. The Hall–Kier alpha value is -3.62. The molecule has 1 atom stereocenters. The summed E-state index contributed by atoms with van der Waals surface area (Å²) >= 11 is 0. The normalized spacial score (nSPS) is 16.5. The number of aromatic nitrogens is 3. The summed E-state index contributed by atoms with van der Waals surface area (Å²) < 4.78 is 13.0. The Labute approximate surface area is 199 Å². The van der Waals surface area contributed by atoms with E-state index in [0.717, 1.165) is 16.6 Å². The number of aryl methyl sites for hydroxylation is 1. The number of amides is 2.